The summed E-state index contributed by atoms with van der Waals surface area (Å²) >= 11 is 0. The van der Waals surface area contributed by atoms with Crippen LogP contribution >= 0.6 is 0 Å². The molecular weight excluding hydrogens is 140 g/mol. The van der Waals surface area contributed by atoms with E-state index in [-0.39, 0.29) is 5.92 Å². The molecule has 1 rings (SSSR count). The van der Waals surface area contributed by atoms with E-state index < -0.39 is 15.6 Å². The maximum Gasteiger partial charge on any atom is 0.297 e. The first-order valence-corrected chi connectivity index (χ1v) is 4.47. The van der Waals surface area contributed by atoms with Crippen molar-refractivity contribution in [2.45, 2.75) is 25.7 Å². The van der Waals surface area contributed by atoms with Crippen LogP contribution in [0.4, 0.5) is 0 Å². The summed E-state index contributed by atoms with van der Waals surface area (Å²) in [6, 6.07) is 0. The van der Waals surface area contributed by atoms with Crippen LogP contribution < -0.4 is 0 Å². The van der Waals surface area contributed by atoms with Gasteiger partial charge in [0.2, 0.25) is 5.44 Å². The molecule has 54 valence electrons. The van der Waals surface area contributed by atoms with Crippen molar-refractivity contribution in [1.82, 2.24) is 0 Å². The zero-order chi connectivity index (χ0) is 7.07. The number of hydrogen-bond acceptors (Lipinski definition) is 3. The summed E-state index contributed by atoms with van der Waals surface area (Å²) in [4.78, 5) is 0. The molecule has 0 amide bonds. The number of rotatable bonds is 2. The molecule has 0 bridgehead atoms. The van der Waals surface area contributed by atoms with Crippen molar-refractivity contribution in [2.75, 3.05) is 0 Å². The second-order valence-electron chi connectivity index (χ2n) is 2.34. The maximum absolute atomic E-state index is 10.5. The Morgan fingerprint density at radius 3 is 2.22 bits per heavy atom. The van der Waals surface area contributed by atoms with E-state index >= 15 is 0 Å². The first-order chi connectivity index (χ1) is 4.08. The Morgan fingerprint density at radius 2 is 2.11 bits per heavy atom. The van der Waals surface area contributed by atoms with Gasteiger partial charge in [-0.1, -0.05) is 13.8 Å². The Bertz CT molecular complexity index is 194. The Labute approximate surface area is 55.1 Å². The minimum absolute atomic E-state index is 0.148. The molecule has 0 saturated carbocycles. The molecule has 0 N–H and O–H groups in total. The van der Waals surface area contributed by atoms with E-state index in [0.717, 1.165) is 6.42 Å². The molecule has 0 radical (unpaired) electrons. The van der Waals surface area contributed by atoms with Gasteiger partial charge < -0.3 is 0 Å². The third-order valence-corrected chi connectivity index (χ3v) is 3.00. The van der Waals surface area contributed by atoms with E-state index in [2.05, 4.69) is 4.18 Å². The fourth-order valence-electron chi connectivity index (χ4n) is 0.681. The highest BCUT2D eigenvalue weighted by Crippen LogP contribution is 2.32. The Kier molecular flexibility index (Phi) is 1.52. The third-order valence-electron chi connectivity index (χ3n) is 1.58. The Hall–Kier alpha value is -0.0900. The van der Waals surface area contributed by atoms with Crippen LogP contribution in [0.2, 0.25) is 0 Å². The lowest BCUT2D eigenvalue weighted by atomic mass is 10.1. The van der Waals surface area contributed by atoms with Gasteiger partial charge >= 0.3 is 0 Å². The molecule has 9 heavy (non-hydrogen) atoms. The highest BCUT2D eigenvalue weighted by molar-refractivity contribution is 7.92. The minimum Gasteiger partial charge on any atom is -0.245 e. The summed E-state index contributed by atoms with van der Waals surface area (Å²) in [5.74, 6) is 0.148. The second kappa shape index (κ2) is 1.95. The van der Waals surface area contributed by atoms with Crippen LogP contribution in [0.3, 0.4) is 0 Å². The standard InChI is InChI=1S/C5H10O3S/c1-3-4(2)5-8-9(5,6)7/h4-5H,3H2,1-2H3. The van der Waals surface area contributed by atoms with Gasteiger partial charge in [0.05, 0.1) is 0 Å². The van der Waals surface area contributed by atoms with Crippen molar-refractivity contribution >= 4 is 10.1 Å². The minimum atomic E-state index is -3.07. The van der Waals surface area contributed by atoms with Crippen LogP contribution in [-0.2, 0) is 14.3 Å². The van der Waals surface area contributed by atoms with Crippen molar-refractivity contribution in [3.63, 3.8) is 0 Å². The molecule has 1 saturated heterocycles. The van der Waals surface area contributed by atoms with Gasteiger partial charge in [-0.25, -0.2) is 4.18 Å². The first-order valence-electron chi connectivity index (χ1n) is 3.00. The van der Waals surface area contributed by atoms with Gasteiger partial charge in [-0.2, -0.15) is 8.42 Å². The van der Waals surface area contributed by atoms with Gasteiger partial charge in [0.25, 0.3) is 10.1 Å². The van der Waals surface area contributed by atoms with Crippen molar-refractivity contribution in [2.24, 2.45) is 5.92 Å². The molecule has 1 heterocycles. The quantitative estimate of drug-likeness (QED) is 0.545. The average molecular weight is 150 g/mol. The SMILES string of the molecule is CCC(C)C1OS1(=O)=O. The smallest absolute Gasteiger partial charge is 0.245 e. The topological polar surface area (TPSA) is 46.7 Å². The van der Waals surface area contributed by atoms with Crippen LogP contribution in [0.5, 0.6) is 0 Å². The molecule has 0 aliphatic carbocycles. The second-order valence-corrected chi connectivity index (χ2v) is 3.99. The van der Waals surface area contributed by atoms with Gasteiger partial charge in [0.1, 0.15) is 0 Å². The fourth-order valence-corrected chi connectivity index (χ4v) is 2.04. The molecule has 2 atom stereocenters. The monoisotopic (exact) mass is 150 g/mol. The van der Waals surface area contributed by atoms with Crippen molar-refractivity contribution < 1.29 is 12.6 Å². The predicted molar refractivity (Wildman–Crippen MR) is 33.2 cm³/mol. The van der Waals surface area contributed by atoms with E-state index in [1.165, 1.54) is 0 Å². The highest BCUT2D eigenvalue weighted by Gasteiger charge is 2.48. The molecule has 0 aromatic rings. The lowest BCUT2D eigenvalue weighted by Crippen LogP contribution is -2.02. The molecule has 2 unspecified atom stereocenters. The summed E-state index contributed by atoms with van der Waals surface area (Å²) in [5.41, 5.74) is -0.498. The van der Waals surface area contributed by atoms with Gasteiger partial charge in [0.15, 0.2) is 0 Å². The molecule has 4 heteroatoms. The van der Waals surface area contributed by atoms with Crippen LogP contribution in [0.15, 0.2) is 0 Å². The molecule has 0 spiro atoms. The highest BCUT2D eigenvalue weighted by atomic mass is 32.2. The summed E-state index contributed by atoms with van der Waals surface area (Å²) in [6.45, 7) is 3.82. The molecule has 1 aliphatic rings. The summed E-state index contributed by atoms with van der Waals surface area (Å²) in [6.07, 6.45) is 0.851. The van der Waals surface area contributed by atoms with E-state index in [0.29, 0.717) is 0 Å². The Morgan fingerprint density at radius 1 is 1.67 bits per heavy atom. The van der Waals surface area contributed by atoms with Gasteiger partial charge in [0, 0.05) is 5.92 Å². The lowest BCUT2D eigenvalue weighted by Gasteiger charge is -1.96. The van der Waals surface area contributed by atoms with Gasteiger partial charge in [-0.15, -0.1) is 0 Å². The number of hydrogen-bond donors (Lipinski definition) is 0. The molecule has 0 aromatic carbocycles. The van der Waals surface area contributed by atoms with E-state index in [9.17, 15) is 8.42 Å². The molecule has 1 aliphatic heterocycles. The van der Waals surface area contributed by atoms with Crippen molar-refractivity contribution in [1.29, 1.82) is 0 Å². The fraction of sp³-hybridized carbons (Fsp3) is 1.00. The summed E-state index contributed by atoms with van der Waals surface area (Å²) < 4.78 is 25.3. The Balaban J connectivity index is 2.52. The first kappa shape index (κ1) is 7.02. The zero-order valence-electron chi connectivity index (χ0n) is 5.49. The summed E-state index contributed by atoms with van der Waals surface area (Å²) in [5, 5.41) is 0. The van der Waals surface area contributed by atoms with Crippen molar-refractivity contribution in [3.05, 3.63) is 0 Å². The van der Waals surface area contributed by atoms with Crippen LogP contribution in [0, 0.1) is 5.92 Å². The molecule has 0 aromatic heterocycles. The maximum atomic E-state index is 10.5. The lowest BCUT2D eigenvalue weighted by molar-refractivity contribution is 0.352. The largest absolute Gasteiger partial charge is 0.297 e. The molecular formula is C5H10O3S. The van der Waals surface area contributed by atoms with Crippen LogP contribution in [0.25, 0.3) is 0 Å². The zero-order valence-corrected chi connectivity index (χ0v) is 6.31. The van der Waals surface area contributed by atoms with E-state index in [4.69, 9.17) is 0 Å². The average Bonchev–Trinajstić information content (AvgIpc) is 2.38. The van der Waals surface area contributed by atoms with E-state index in [1.54, 1.807) is 0 Å². The molecule has 1 fully saturated rings. The van der Waals surface area contributed by atoms with Crippen LogP contribution in [0.1, 0.15) is 20.3 Å². The van der Waals surface area contributed by atoms with E-state index in [1.807, 2.05) is 13.8 Å². The summed E-state index contributed by atoms with van der Waals surface area (Å²) in [7, 11) is -3.07. The van der Waals surface area contributed by atoms with Gasteiger partial charge in [-0.3, -0.25) is 0 Å². The normalized spacial score (nSPS) is 33.8. The van der Waals surface area contributed by atoms with Gasteiger partial charge in [-0.05, 0) is 6.42 Å². The molecule has 3 nitrogen and oxygen atoms in total. The van der Waals surface area contributed by atoms with Crippen molar-refractivity contribution in [3.8, 4) is 0 Å². The van der Waals surface area contributed by atoms with Crippen LogP contribution in [-0.4, -0.2) is 13.9 Å². The predicted octanol–water partition coefficient (Wildman–Crippen LogP) is 0.719. The third kappa shape index (κ3) is 1.24.